The number of nitrogens with zero attached hydrogens (tertiary/aromatic N) is 2. The summed E-state index contributed by atoms with van der Waals surface area (Å²) in [5.41, 5.74) is 1.16. The van der Waals surface area contributed by atoms with E-state index in [1.807, 2.05) is 24.5 Å². The zero-order valence-electron chi connectivity index (χ0n) is 19.2. The average Bonchev–Trinajstić information content (AvgIpc) is 3.44. The van der Waals surface area contributed by atoms with Gasteiger partial charge < -0.3 is 24.1 Å². The van der Waals surface area contributed by atoms with Gasteiger partial charge in [-0.05, 0) is 37.6 Å². The molecule has 2 atom stereocenters. The minimum Gasteiger partial charge on any atom is -0.486 e. The lowest BCUT2D eigenvalue weighted by Crippen LogP contribution is -2.47. The highest BCUT2D eigenvalue weighted by Crippen LogP contribution is 2.36. The number of carbonyl (C=O) groups is 2. The number of halogens is 6. The fourth-order valence-electron chi connectivity index (χ4n) is 3.74. The Morgan fingerprint density at radius 2 is 1.78 bits per heavy atom. The second kappa shape index (κ2) is 12.8. The maximum absolute atomic E-state index is 10.6. The van der Waals surface area contributed by atoms with Gasteiger partial charge in [0.1, 0.15) is 11.9 Å². The van der Waals surface area contributed by atoms with Crippen molar-refractivity contribution in [3.8, 4) is 5.75 Å². The van der Waals surface area contributed by atoms with Crippen LogP contribution in [0.1, 0.15) is 24.8 Å². The molecule has 1 spiro atoms. The summed E-state index contributed by atoms with van der Waals surface area (Å²) >= 11 is 0. The third-order valence-corrected chi connectivity index (χ3v) is 5.20. The molecule has 2 aromatic rings. The second-order valence-corrected chi connectivity index (χ2v) is 8.18. The highest BCUT2D eigenvalue weighted by atomic mass is 19.4. The largest absolute Gasteiger partial charge is 0.490 e. The molecule has 2 aliphatic heterocycles. The van der Waals surface area contributed by atoms with Gasteiger partial charge in [0, 0.05) is 31.3 Å². The van der Waals surface area contributed by atoms with E-state index < -0.39 is 24.3 Å². The van der Waals surface area contributed by atoms with E-state index in [1.54, 1.807) is 18.7 Å². The van der Waals surface area contributed by atoms with E-state index in [0.29, 0.717) is 6.61 Å². The number of ether oxygens (including phenoxy) is 2. The Labute approximate surface area is 206 Å². The third kappa shape index (κ3) is 10.3. The molecular formula is C22H24F6N2O7. The molecular weight excluding hydrogens is 518 g/mol. The van der Waals surface area contributed by atoms with Crippen LogP contribution >= 0.6 is 0 Å². The first-order valence-electron chi connectivity index (χ1n) is 10.7. The van der Waals surface area contributed by atoms with Crippen molar-refractivity contribution in [3.63, 3.8) is 0 Å². The van der Waals surface area contributed by atoms with Crippen LogP contribution < -0.4 is 4.74 Å². The Kier molecular flexibility index (Phi) is 10.3. The van der Waals surface area contributed by atoms with Crippen LogP contribution in [0.3, 0.4) is 0 Å². The number of pyridine rings is 1. The molecule has 2 aliphatic rings. The van der Waals surface area contributed by atoms with Crippen LogP contribution in [0.25, 0.3) is 0 Å². The summed E-state index contributed by atoms with van der Waals surface area (Å²) in [7, 11) is 0. The summed E-state index contributed by atoms with van der Waals surface area (Å²) in [6, 6.07) is 5.88. The molecule has 9 nitrogen and oxygen atoms in total. The molecule has 0 saturated carbocycles. The number of alkyl halides is 6. The van der Waals surface area contributed by atoms with Crippen molar-refractivity contribution >= 4 is 11.9 Å². The lowest BCUT2D eigenvalue weighted by Gasteiger charge is -2.39. The fraction of sp³-hybridized carbons (Fsp3) is 0.500. The number of hydrogen-bond donors (Lipinski definition) is 2. The minimum absolute atomic E-state index is 0.0607. The quantitative estimate of drug-likeness (QED) is 0.549. The fourth-order valence-corrected chi connectivity index (χ4v) is 3.74. The molecule has 0 radical (unpaired) electrons. The summed E-state index contributed by atoms with van der Waals surface area (Å²) in [5, 5.41) is 14.2. The van der Waals surface area contributed by atoms with Gasteiger partial charge in [-0.3, -0.25) is 9.88 Å². The predicted molar refractivity (Wildman–Crippen MR) is 113 cm³/mol. The SMILES string of the molecule is O=C(O)C(F)(F)F.O=C(O)C(F)(F)F.c1cncc(O[C@H]2CO[C@@]3(CCCN(Cc4ccoc4)C3)C2)c1. The maximum Gasteiger partial charge on any atom is 0.490 e. The molecule has 2 fully saturated rings. The Bertz CT molecular complexity index is 962. The molecule has 4 heterocycles. The molecule has 0 bridgehead atoms. The molecule has 0 aliphatic carbocycles. The Morgan fingerprint density at radius 1 is 1.14 bits per heavy atom. The molecule has 0 amide bonds. The minimum atomic E-state index is -5.08. The number of carboxylic acid groups (broad SMARTS) is 2. The Balaban J connectivity index is 0.000000286. The van der Waals surface area contributed by atoms with Crippen LogP contribution in [0.15, 0.2) is 47.5 Å². The number of aromatic nitrogens is 1. The topological polar surface area (TPSA) is 122 Å². The Hall–Kier alpha value is -3.33. The van der Waals surface area contributed by atoms with Crippen molar-refractivity contribution in [2.45, 2.75) is 49.9 Å². The van der Waals surface area contributed by atoms with Gasteiger partial charge in [0.2, 0.25) is 0 Å². The summed E-state index contributed by atoms with van der Waals surface area (Å²) in [5.74, 6) is -4.69. The summed E-state index contributed by atoms with van der Waals surface area (Å²) in [4.78, 5) is 24.4. The molecule has 37 heavy (non-hydrogen) atoms. The lowest BCUT2D eigenvalue weighted by atomic mass is 9.89. The molecule has 0 unspecified atom stereocenters. The predicted octanol–water partition coefficient (Wildman–Crippen LogP) is 4.14. The van der Waals surface area contributed by atoms with Crippen LogP contribution in [0.2, 0.25) is 0 Å². The van der Waals surface area contributed by atoms with Gasteiger partial charge in [0.05, 0.1) is 30.9 Å². The standard InChI is InChI=1S/C18H22N2O3.2C2HF3O2/c1-3-16(10-19-6-1)23-17-9-18(22-13-17)5-2-7-20(14-18)11-15-4-8-21-12-15;2*3-2(4,5)1(6)7/h1,3-4,6,8,10,12,17H,2,5,7,9,11,13-14H2;2*(H,6,7)/t17-,18+;;/m1../s1. The van der Waals surface area contributed by atoms with Crippen LogP contribution in [0, 0.1) is 0 Å². The number of carboxylic acids is 2. The van der Waals surface area contributed by atoms with E-state index in [0.717, 1.165) is 44.6 Å². The van der Waals surface area contributed by atoms with Gasteiger partial charge in [0.25, 0.3) is 0 Å². The van der Waals surface area contributed by atoms with E-state index in [-0.39, 0.29) is 11.7 Å². The number of likely N-dealkylation sites (tertiary alicyclic amines) is 1. The zero-order valence-corrected chi connectivity index (χ0v) is 19.2. The van der Waals surface area contributed by atoms with Crippen molar-refractivity contribution in [1.29, 1.82) is 0 Å². The van der Waals surface area contributed by atoms with Gasteiger partial charge in [-0.15, -0.1) is 0 Å². The van der Waals surface area contributed by atoms with Crippen molar-refractivity contribution in [1.82, 2.24) is 9.88 Å². The first kappa shape index (κ1) is 29.9. The van der Waals surface area contributed by atoms with Crippen LogP contribution in [0.5, 0.6) is 5.75 Å². The summed E-state index contributed by atoms with van der Waals surface area (Å²) in [6.45, 7) is 3.67. The van der Waals surface area contributed by atoms with Gasteiger partial charge in [-0.25, -0.2) is 9.59 Å². The van der Waals surface area contributed by atoms with Crippen LogP contribution in [-0.2, 0) is 20.9 Å². The molecule has 0 aromatic carbocycles. The lowest BCUT2D eigenvalue weighted by molar-refractivity contribution is -0.193. The average molecular weight is 542 g/mol. The van der Waals surface area contributed by atoms with Crippen LogP contribution in [0.4, 0.5) is 26.3 Å². The van der Waals surface area contributed by atoms with E-state index in [1.165, 1.54) is 5.56 Å². The van der Waals surface area contributed by atoms with Gasteiger partial charge in [-0.2, -0.15) is 26.3 Å². The number of furan rings is 1. The van der Waals surface area contributed by atoms with E-state index >= 15 is 0 Å². The molecule has 2 N–H and O–H groups in total. The second-order valence-electron chi connectivity index (χ2n) is 8.18. The highest BCUT2D eigenvalue weighted by Gasteiger charge is 2.44. The molecule has 206 valence electrons. The summed E-state index contributed by atoms with van der Waals surface area (Å²) in [6.07, 6.45) is 0.256. The number of hydrogen-bond acceptors (Lipinski definition) is 7. The van der Waals surface area contributed by atoms with Gasteiger partial charge in [-0.1, -0.05) is 0 Å². The maximum atomic E-state index is 10.6. The zero-order chi connectivity index (χ0) is 27.7. The van der Waals surface area contributed by atoms with E-state index in [4.69, 9.17) is 33.7 Å². The number of aliphatic carboxylic acids is 2. The van der Waals surface area contributed by atoms with Gasteiger partial charge in [0.15, 0.2) is 0 Å². The molecule has 2 aromatic heterocycles. The van der Waals surface area contributed by atoms with E-state index in [2.05, 4.69) is 9.88 Å². The normalized spacial score (nSPS) is 21.8. The number of piperidine rings is 1. The third-order valence-electron chi connectivity index (χ3n) is 5.20. The monoisotopic (exact) mass is 542 g/mol. The van der Waals surface area contributed by atoms with Crippen molar-refractivity contribution in [3.05, 3.63) is 48.7 Å². The number of rotatable bonds is 4. The first-order valence-corrected chi connectivity index (χ1v) is 10.7. The summed E-state index contributed by atoms with van der Waals surface area (Å²) < 4.78 is 80.9. The molecule has 4 rings (SSSR count). The van der Waals surface area contributed by atoms with Crippen molar-refractivity contribution < 1.29 is 60.0 Å². The highest BCUT2D eigenvalue weighted by molar-refractivity contribution is 5.73. The van der Waals surface area contributed by atoms with Crippen molar-refractivity contribution in [2.75, 3.05) is 19.7 Å². The van der Waals surface area contributed by atoms with Gasteiger partial charge >= 0.3 is 24.3 Å². The Morgan fingerprint density at radius 3 is 2.30 bits per heavy atom. The molecule has 2 saturated heterocycles. The van der Waals surface area contributed by atoms with Crippen LogP contribution in [-0.4, -0.2) is 75.8 Å². The molecule has 15 heteroatoms. The van der Waals surface area contributed by atoms with E-state index in [9.17, 15) is 26.3 Å². The first-order chi connectivity index (χ1) is 17.2. The van der Waals surface area contributed by atoms with Crippen molar-refractivity contribution in [2.24, 2.45) is 0 Å². The smallest absolute Gasteiger partial charge is 0.486 e.